The first-order valence-corrected chi connectivity index (χ1v) is 10.5. The second-order valence-electron chi connectivity index (χ2n) is 7.41. The van der Waals surface area contributed by atoms with E-state index in [2.05, 4.69) is 9.98 Å². The van der Waals surface area contributed by atoms with Gasteiger partial charge in [-0.25, -0.2) is 9.59 Å². The molecule has 1 aromatic heterocycles. The fourth-order valence-electron chi connectivity index (χ4n) is 3.82. The molecule has 0 aliphatic rings. The Hall–Kier alpha value is -4.66. The van der Waals surface area contributed by atoms with Crippen LogP contribution in [0, 0.1) is 0 Å². The van der Waals surface area contributed by atoms with E-state index in [0.717, 1.165) is 16.7 Å². The number of aromatic nitrogens is 2. The first-order chi connectivity index (χ1) is 16.4. The van der Waals surface area contributed by atoms with E-state index >= 15 is 0 Å². The second-order valence-corrected chi connectivity index (χ2v) is 7.41. The lowest BCUT2D eigenvalue weighted by molar-refractivity contribution is 0.0698. The molecule has 0 aliphatic heterocycles. The number of hydrogen-bond acceptors (Lipinski definition) is 4. The van der Waals surface area contributed by atoms with Crippen LogP contribution in [-0.2, 0) is 6.54 Å². The number of nitrogens with two attached hydrogens (primary N) is 1. The van der Waals surface area contributed by atoms with Gasteiger partial charge in [-0.1, -0.05) is 54.6 Å². The molecule has 34 heavy (non-hydrogen) atoms. The molecular weight excluding hydrogens is 436 g/mol. The lowest BCUT2D eigenvalue weighted by atomic mass is 9.98. The summed E-state index contributed by atoms with van der Waals surface area (Å²) in [4.78, 5) is 30.6. The summed E-state index contributed by atoms with van der Waals surface area (Å²) in [6.07, 6.45) is -1.36. The Balaban J connectivity index is 1.72. The zero-order chi connectivity index (χ0) is 24.2. The van der Waals surface area contributed by atoms with Crippen molar-refractivity contribution in [3.63, 3.8) is 0 Å². The van der Waals surface area contributed by atoms with Crippen molar-refractivity contribution in [3.05, 3.63) is 83.4 Å². The average Bonchev–Trinajstić information content (AvgIpc) is 3.16. The van der Waals surface area contributed by atoms with Gasteiger partial charge in [0.1, 0.15) is 5.84 Å². The zero-order valence-corrected chi connectivity index (χ0v) is 18.3. The quantitative estimate of drug-likeness (QED) is 0.278. The lowest BCUT2D eigenvalue weighted by Gasteiger charge is -2.12. The van der Waals surface area contributed by atoms with Crippen LogP contribution >= 0.6 is 0 Å². The predicted molar refractivity (Wildman–Crippen MR) is 128 cm³/mol. The molecule has 0 fully saturated rings. The maximum absolute atomic E-state index is 11.8. The molecule has 1 heterocycles. The maximum Gasteiger partial charge on any atom is 0.433 e. The minimum absolute atomic E-state index is 0.0837. The number of carbonyl (C=O) groups is 2. The second kappa shape index (κ2) is 9.45. The van der Waals surface area contributed by atoms with Crippen molar-refractivity contribution in [1.82, 2.24) is 9.55 Å². The molecule has 0 saturated heterocycles. The predicted octanol–water partition coefficient (Wildman–Crippen LogP) is 4.23. The van der Waals surface area contributed by atoms with Gasteiger partial charge in [0.15, 0.2) is 0 Å². The molecule has 172 valence electrons. The first-order valence-electron chi connectivity index (χ1n) is 10.5. The Morgan fingerprint density at radius 1 is 1.00 bits per heavy atom. The summed E-state index contributed by atoms with van der Waals surface area (Å²) < 4.78 is 7.43. The third-order valence-corrected chi connectivity index (χ3v) is 5.26. The largest absolute Gasteiger partial charge is 0.478 e. The van der Waals surface area contributed by atoms with Gasteiger partial charge in [0.25, 0.3) is 6.01 Å². The molecule has 3 aromatic carbocycles. The van der Waals surface area contributed by atoms with E-state index in [1.54, 1.807) is 34.9 Å². The topological polar surface area (TPSA) is 140 Å². The molecule has 0 aliphatic carbocycles. The van der Waals surface area contributed by atoms with Crippen molar-refractivity contribution in [2.24, 2.45) is 10.7 Å². The highest BCUT2D eigenvalue weighted by Crippen LogP contribution is 2.28. The number of aromatic carboxylic acids is 1. The normalized spacial score (nSPS) is 11.5. The zero-order valence-electron chi connectivity index (χ0n) is 18.3. The van der Waals surface area contributed by atoms with Gasteiger partial charge in [0.2, 0.25) is 0 Å². The number of imidazole rings is 1. The van der Waals surface area contributed by atoms with Crippen LogP contribution in [0.4, 0.5) is 4.79 Å². The van der Waals surface area contributed by atoms with Gasteiger partial charge in [0.05, 0.1) is 29.7 Å². The highest BCUT2D eigenvalue weighted by Gasteiger charge is 2.19. The average molecular weight is 458 g/mol. The van der Waals surface area contributed by atoms with Crippen LogP contribution in [0.3, 0.4) is 0 Å². The number of amidine groups is 1. The highest BCUT2D eigenvalue weighted by atomic mass is 16.5. The van der Waals surface area contributed by atoms with E-state index in [1.165, 1.54) is 0 Å². The van der Waals surface area contributed by atoms with Crippen molar-refractivity contribution in [3.8, 4) is 17.1 Å². The van der Waals surface area contributed by atoms with Crippen molar-refractivity contribution in [2.75, 3.05) is 6.61 Å². The summed E-state index contributed by atoms with van der Waals surface area (Å²) in [6, 6.07) is 20.0. The first kappa shape index (κ1) is 22.5. The van der Waals surface area contributed by atoms with Gasteiger partial charge in [-0.2, -0.15) is 9.98 Å². The Bertz CT molecular complexity index is 1410. The molecule has 0 unspecified atom stereocenters. The molecule has 0 spiro atoms. The van der Waals surface area contributed by atoms with Crippen LogP contribution in [0.25, 0.3) is 22.2 Å². The van der Waals surface area contributed by atoms with Gasteiger partial charge in [-0.05, 0) is 35.7 Å². The van der Waals surface area contributed by atoms with E-state index in [4.69, 9.17) is 15.6 Å². The van der Waals surface area contributed by atoms with Crippen molar-refractivity contribution in [1.29, 1.82) is 0 Å². The smallest absolute Gasteiger partial charge is 0.433 e. The van der Waals surface area contributed by atoms with Crippen molar-refractivity contribution >= 4 is 28.9 Å². The monoisotopic (exact) mass is 458 g/mol. The van der Waals surface area contributed by atoms with Gasteiger partial charge in [-0.3, -0.25) is 4.57 Å². The molecule has 4 N–H and O–H groups in total. The third kappa shape index (κ3) is 4.44. The minimum atomic E-state index is -1.36. The summed E-state index contributed by atoms with van der Waals surface area (Å²) in [7, 11) is 0. The van der Waals surface area contributed by atoms with E-state index < -0.39 is 12.1 Å². The fraction of sp³-hybridized carbons (Fsp3) is 0.120. The number of hydrogen-bond donors (Lipinski definition) is 3. The molecule has 0 radical (unpaired) electrons. The summed E-state index contributed by atoms with van der Waals surface area (Å²) in [5.41, 5.74) is 10.1. The third-order valence-electron chi connectivity index (χ3n) is 5.26. The molecule has 0 saturated carbocycles. The number of benzene rings is 3. The summed E-state index contributed by atoms with van der Waals surface area (Å²) >= 11 is 0. The van der Waals surface area contributed by atoms with Gasteiger partial charge in [-0.15, -0.1) is 0 Å². The van der Waals surface area contributed by atoms with Crippen LogP contribution in [0.1, 0.15) is 28.4 Å². The Morgan fingerprint density at radius 2 is 1.71 bits per heavy atom. The molecule has 0 atom stereocenters. The number of para-hydroxylation sites is 1. The fourth-order valence-corrected chi connectivity index (χ4v) is 3.82. The Labute approximate surface area is 194 Å². The number of ether oxygens (including phenoxy) is 1. The van der Waals surface area contributed by atoms with E-state index in [1.807, 2.05) is 43.3 Å². The number of aliphatic imine (C=N–C) groups is 1. The van der Waals surface area contributed by atoms with Crippen molar-refractivity contribution in [2.45, 2.75) is 13.5 Å². The van der Waals surface area contributed by atoms with Crippen LogP contribution < -0.4 is 10.5 Å². The number of amides is 1. The number of nitrogens with zero attached hydrogens (tertiary/aromatic N) is 3. The van der Waals surface area contributed by atoms with Crippen LogP contribution in [0.5, 0.6) is 6.01 Å². The number of fused-ring (bicyclic) bond motifs is 1. The summed E-state index contributed by atoms with van der Waals surface area (Å²) in [5.74, 6) is -1.12. The molecular formula is C25H22N4O5. The highest BCUT2D eigenvalue weighted by molar-refractivity contribution is 6.07. The van der Waals surface area contributed by atoms with E-state index in [9.17, 15) is 14.7 Å². The molecule has 4 aromatic rings. The van der Waals surface area contributed by atoms with Crippen LogP contribution in [0.15, 0.2) is 71.7 Å². The van der Waals surface area contributed by atoms with Gasteiger partial charge >= 0.3 is 12.1 Å². The van der Waals surface area contributed by atoms with Gasteiger partial charge in [0, 0.05) is 5.56 Å². The van der Waals surface area contributed by atoms with E-state index in [-0.39, 0.29) is 11.4 Å². The van der Waals surface area contributed by atoms with Crippen LogP contribution in [-0.4, -0.2) is 44.3 Å². The summed E-state index contributed by atoms with van der Waals surface area (Å²) in [5, 5.41) is 18.6. The standard InChI is InChI=1S/C25H22N4O5/c1-2-34-24-27-20-9-5-8-19(23(30)31)21(20)29(24)14-15-10-12-16(13-11-15)17-6-3-4-7-18(17)22(26)28-25(32)33/h3-13H,2,14H2,1H3,(H2,26,28)(H,30,31)(H,32,33). The molecule has 9 heteroatoms. The lowest BCUT2D eigenvalue weighted by Crippen LogP contribution is -2.16. The minimum Gasteiger partial charge on any atom is -0.478 e. The van der Waals surface area contributed by atoms with Gasteiger partial charge < -0.3 is 20.7 Å². The Morgan fingerprint density at radius 3 is 2.38 bits per heavy atom. The van der Waals surface area contributed by atoms with Crippen LogP contribution in [0.2, 0.25) is 0 Å². The van der Waals surface area contributed by atoms with Crippen molar-refractivity contribution < 1.29 is 24.5 Å². The Kier molecular flexibility index (Phi) is 6.26. The SMILES string of the molecule is CCOc1nc2cccc(C(=O)O)c2n1Cc1ccc(-c2ccccc2C(N)=NC(=O)O)cc1. The molecule has 9 nitrogen and oxygen atoms in total. The maximum atomic E-state index is 11.8. The number of carboxylic acid groups (broad SMARTS) is 2. The number of rotatable bonds is 7. The molecule has 4 rings (SSSR count). The molecule has 0 bridgehead atoms. The molecule has 1 amide bonds. The summed E-state index contributed by atoms with van der Waals surface area (Å²) in [6.45, 7) is 2.58. The van der Waals surface area contributed by atoms with E-state index in [0.29, 0.717) is 35.8 Å². The number of carboxylic acids is 1.